The molecule has 1 amide bonds. The Bertz CT molecular complexity index is 326. The molecule has 2 N–H and O–H groups in total. The standard InChI is InChI=1S/C11H24N2O3S/c1-9(2)8-13-11(14)10(3)12-6-5-7-17(4,15)16/h9-10,12H,5-8H2,1-4H3,(H,13,14). The minimum absolute atomic E-state index is 0.0435. The molecule has 1 atom stereocenters. The van der Waals surface area contributed by atoms with Crippen LogP contribution in [0.2, 0.25) is 0 Å². The zero-order chi connectivity index (χ0) is 13.5. The number of hydrogen-bond acceptors (Lipinski definition) is 4. The summed E-state index contributed by atoms with van der Waals surface area (Å²) < 4.78 is 21.8. The number of nitrogens with one attached hydrogen (secondary N) is 2. The van der Waals surface area contributed by atoms with Crippen molar-refractivity contribution in [3.8, 4) is 0 Å². The highest BCUT2D eigenvalue weighted by Gasteiger charge is 2.11. The topological polar surface area (TPSA) is 75.3 Å². The zero-order valence-corrected chi connectivity index (χ0v) is 11.9. The van der Waals surface area contributed by atoms with E-state index in [9.17, 15) is 13.2 Å². The van der Waals surface area contributed by atoms with Crippen molar-refractivity contribution in [1.29, 1.82) is 0 Å². The van der Waals surface area contributed by atoms with Crippen molar-refractivity contribution in [2.45, 2.75) is 33.2 Å². The van der Waals surface area contributed by atoms with Gasteiger partial charge in [-0.25, -0.2) is 8.42 Å². The van der Waals surface area contributed by atoms with Gasteiger partial charge in [-0.15, -0.1) is 0 Å². The van der Waals surface area contributed by atoms with E-state index in [1.54, 1.807) is 6.92 Å². The molecule has 0 aliphatic rings. The van der Waals surface area contributed by atoms with Crippen molar-refractivity contribution in [3.63, 3.8) is 0 Å². The summed E-state index contributed by atoms with van der Waals surface area (Å²) in [6.07, 6.45) is 1.74. The molecule has 102 valence electrons. The predicted molar refractivity (Wildman–Crippen MR) is 69.6 cm³/mol. The first-order chi connectivity index (χ1) is 7.72. The summed E-state index contributed by atoms with van der Waals surface area (Å²) in [6, 6.07) is -0.284. The summed E-state index contributed by atoms with van der Waals surface area (Å²) in [5.74, 6) is 0.537. The third-order valence-corrected chi connectivity index (χ3v) is 3.25. The van der Waals surface area contributed by atoms with E-state index in [4.69, 9.17) is 0 Å². The van der Waals surface area contributed by atoms with E-state index in [2.05, 4.69) is 10.6 Å². The molecule has 0 aliphatic heterocycles. The molecule has 6 heteroatoms. The fraction of sp³-hybridized carbons (Fsp3) is 0.909. The first-order valence-corrected chi connectivity index (χ1v) is 7.97. The first kappa shape index (κ1) is 16.4. The lowest BCUT2D eigenvalue weighted by molar-refractivity contribution is -0.122. The van der Waals surface area contributed by atoms with E-state index in [1.807, 2.05) is 13.8 Å². The van der Waals surface area contributed by atoms with Gasteiger partial charge in [-0.1, -0.05) is 13.8 Å². The molecule has 0 aromatic carbocycles. The van der Waals surface area contributed by atoms with Crippen LogP contribution in [0, 0.1) is 5.92 Å². The van der Waals surface area contributed by atoms with Gasteiger partial charge in [-0.3, -0.25) is 4.79 Å². The van der Waals surface area contributed by atoms with Crippen LogP contribution in [-0.4, -0.2) is 45.5 Å². The maximum Gasteiger partial charge on any atom is 0.236 e. The lowest BCUT2D eigenvalue weighted by atomic mass is 10.2. The molecule has 0 aromatic heterocycles. The summed E-state index contributed by atoms with van der Waals surface area (Å²) in [5, 5.41) is 5.82. The van der Waals surface area contributed by atoms with Crippen LogP contribution in [0.25, 0.3) is 0 Å². The number of sulfone groups is 1. The Hall–Kier alpha value is -0.620. The molecule has 0 aromatic rings. The van der Waals surface area contributed by atoms with E-state index in [1.165, 1.54) is 6.26 Å². The first-order valence-electron chi connectivity index (χ1n) is 5.91. The molecule has 0 fully saturated rings. The molecule has 0 radical (unpaired) electrons. The minimum Gasteiger partial charge on any atom is -0.354 e. The molecule has 0 rings (SSSR count). The van der Waals surface area contributed by atoms with Crippen molar-refractivity contribution < 1.29 is 13.2 Å². The lowest BCUT2D eigenvalue weighted by Gasteiger charge is -2.14. The molecule has 5 nitrogen and oxygen atoms in total. The lowest BCUT2D eigenvalue weighted by Crippen LogP contribution is -2.43. The average molecular weight is 264 g/mol. The smallest absolute Gasteiger partial charge is 0.236 e. The third-order valence-electron chi connectivity index (χ3n) is 2.22. The van der Waals surface area contributed by atoms with Crippen LogP contribution in [0.15, 0.2) is 0 Å². The zero-order valence-electron chi connectivity index (χ0n) is 11.1. The molecular formula is C11H24N2O3S. The van der Waals surface area contributed by atoms with E-state index < -0.39 is 9.84 Å². The number of amides is 1. The van der Waals surface area contributed by atoms with E-state index in [-0.39, 0.29) is 17.7 Å². The van der Waals surface area contributed by atoms with E-state index >= 15 is 0 Å². The summed E-state index contributed by atoms with van der Waals surface area (Å²) in [7, 11) is -2.90. The van der Waals surface area contributed by atoms with Gasteiger partial charge in [0, 0.05) is 12.8 Å². The Labute approximate surface area is 104 Å². The highest BCUT2D eigenvalue weighted by Crippen LogP contribution is 1.91. The fourth-order valence-corrected chi connectivity index (χ4v) is 1.87. The second-order valence-corrected chi connectivity index (χ2v) is 7.06. The van der Waals surface area contributed by atoms with Crippen LogP contribution in [0.5, 0.6) is 0 Å². The molecule has 1 unspecified atom stereocenters. The Kier molecular flexibility index (Phi) is 7.38. The summed E-state index contributed by atoms with van der Waals surface area (Å²) in [4.78, 5) is 11.5. The maximum absolute atomic E-state index is 11.5. The fourth-order valence-electron chi connectivity index (χ4n) is 1.20. The summed E-state index contributed by atoms with van der Waals surface area (Å²) >= 11 is 0. The van der Waals surface area contributed by atoms with Crippen LogP contribution < -0.4 is 10.6 Å². The Morgan fingerprint density at radius 3 is 2.29 bits per heavy atom. The predicted octanol–water partition coefficient (Wildman–Crippen LogP) is 0.171. The third kappa shape index (κ3) is 10.3. The number of rotatable bonds is 8. The van der Waals surface area contributed by atoms with Gasteiger partial charge in [0.25, 0.3) is 0 Å². The maximum atomic E-state index is 11.5. The van der Waals surface area contributed by atoms with Gasteiger partial charge < -0.3 is 10.6 Å². The van der Waals surface area contributed by atoms with Gasteiger partial charge in [-0.05, 0) is 25.8 Å². The SMILES string of the molecule is CC(C)CNC(=O)C(C)NCCCS(C)(=O)=O. The largest absolute Gasteiger partial charge is 0.354 e. The van der Waals surface area contributed by atoms with Crippen molar-refractivity contribution in [3.05, 3.63) is 0 Å². The van der Waals surface area contributed by atoms with Gasteiger partial charge in [0.1, 0.15) is 9.84 Å². The molecule has 0 heterocycles. The molecule has 0 aliphatic carbocycles. The summed E-state index contributed by atoms with van der Waals surface area (Å²) in [5.41, 5.74) is 0. The van der Waals surface area contributed by atoms with Gasteiger partial charge in [0.2, 0.25) is 5.91 Å². The normalized spacial score (nSPS) is 13.7. The number of carbonyl (C=O) groups is 1. The molecule has 0 saturated heterocycles. The summed E-state index contributed by atoms with van der Waals surface area (Å²) in [6.45, 7) is 7.03. The van der Waals surface area contributed by atoms with Crippen LogP contribution in [0.1, 0.15) is 27.2 Å². The molecule has 0 bridgehead atoms. The van der Waals surface area contributed by atoms with Gasteiger partial charge in [0.15, 0.2) is 0 Å². The molecule has 0 spiro atoms. The molecule has 0 saturated carbocycles. The van der Waals surface area contributed by atoms with E-state index in [0.717, 1.165) is 0 Å². The monoisotopic (exact) mass is 264 g/mol. The second-order valence-electron chi connectivity index (χ2n) is 4.80. The van der Waals surface area contributed by atoms with Crippen molar-refractivity contribution >= 4 is 15.7 Å². The van der Waals surface area contributed by atoms with Gasteiger partial charge >= 0.3 is 0 Å². The Morgan fingerprint density at radius 1 is 1.24 bits per heavy atom. The minimum atomic E-state index is -2.90. The number of carbonyl (C=O) groups excluding carboxylic acids is 1. The van der Waals surface area contributed by atoms with Crippen LogP contribution in [0.4, 0.5) is 0 Å². The Balaban J connectivity index is 3.71. The Morgan fingerprint density at radius 2 is 1.82 bits per heavy atom. The van der Waals surface area contributed by atoms with Crippen molar-refractivity contribution in [1.82, 2.24) is 10.6 Å². The highest BCUT2D eigenvalue weighted by molar-refractivity contribution is 7.90. The van der Waals surface area contributed by atoms with Crippen molar-refractivity contribution in [2.24, 2.45) is 5.92 Å². The highest BCUT2D eigenvalue weighted by atomic mass is 32.2. The number of hydrogen-bond donors (Lipinski definition) is 2. The van der Waals surface area contributed by atoms with E-state index in [0.29, 0.717) is 25.4 Å². The van der Waals surface area contributed by atoms with Crippen LogP contribution >= 0.6 is 0 Å². The van der Waals surface area contributed by atoms with Gasteiger partial charge in [0.05, 0.1) is 11.8 Å². The van der Waals surface area contributed by atoms with Crippen LogP contribution in [-0.2, 0) is 14.6 Å². The second kappa shape index (κ2) is 7.66. The van der Waals surface area contributed by atoms with Gasteiger partial charge in [-0.2, -0.15) is 0 Å². The average Bonchev–Trinajstić information content (AvgIpc) is 2.19. The molecule has 17 heavy (non-hydrogen) atoms. The quantitative estimate of drug-likeness (QED) is 0.613. The molecular weight excluding hydrogens is 240 g/mol. The van der Waals surface area contributed by atoms with Crippen LogP contribution in [0.3, 0.4) is 0 Å². The van der Waals surface area contributed by atoms with Crippen molar-refractivity contribution in [2.75, 3.05) is 25.1 Å².